The van der Waals surface area contributed by atoms with E-state index in [-0.39, 0.29) is 23.0 Å². The number of imidazole rings is 1. The molecule has 0 aliphatic rings. The van der Waals surface area contributed by atoms with Crippen LogP contribution < -0.4 is 15.8 Å². The molecular formula is C20H18ClN3O4S. The summed E-state index contributed by atoms with van der Waals surface area (Å²) < 4.78 is 6.76. The van der Waals surface area contributed by atoms with Crippen LogP contribution >= 0.6 is 22.9 Å². The molecule has 0 saturated carbocycles. The lowest BCUT2D eigenvalue weighted by Crippen LogP contribution is -2.22. The summed E-state index contributed by atoms with van der Waals surface area (Å²) in [7, 11) is 1.45. The van der Waals surface area contributed by atoms with Gasteiger partial charge in [0.05, 0.1) is 15.3 Å². The van der Waals surface area contributed by atoms with Crippen molar-refractivity contribution in [2.24, 2.45) is 5.73 Å². The number of amides is 1. The molecule has 0 bridgehead atoms. The molecule has 0 unspecified atom stereocenters. The Labute approximate surface area is 175 Å². The van der Waals surface area contributed by atoms with Crippen molar-refractivity contribution in [3.8, 4) is 11.3 Å². The third kappa shape index (κ3) is 4.56. The molecule has 0 spiro atoms. The van der Waals surface area contributed by atoms with Crippen LogP contribution in [0.5, 0.6) is 0 Å². The molecule has 0 aliphatic heterocycles. The Hall–Kier alpha value is -2.94. The van der Waals surface area contributed by atoms with E-state index in [4.69, 9.17) is 22.1 Å². The van der Waals surface area contributed by atoms with Crippen LogP contribution in [0.2, 0.25) is 0 Å². The first-order chi connectivity index (χ1) is 13.8. The number of aliphatic hydroxyl groups excluding tert-OH is 1. The fourth-order valence-corrected chi connectivity index (χ4v) is 3.87. The van der Waals surface area contributed by atoms with E-state index < -0.39 is 5.91 Å². The number of thiazole rings is 1. The van der Waals surface area contributed by atoms with E-state index in [1.54, 1.807) is 49.5 Å². The van der Waals surface area contributed by atoms with Crippen molar-refractivity contribution < 1.29 is 14.6 Å². The standard InChI is InChI=1S/C20H18ClN3O4S/c1-11(6-14(21)16(25)10-28-2)7-17-19(27)24-9-15(23-20(24)29-17)12-4-3-5-13(8-12)18(22)26/h3-9,25H,10H2,1-2H3,(H2,22,26)/b11-6+,16-14-,17-7-. The monoisotopic (exact) mass is 431 g/mol. The summed E-state index contributed by atoms with van der Waals surface area (Å²) in [6, 6.07) is 6.77. The zero-order chi connectivity index (χ0) is 21.1. The number of hydrogen-bond acceptors (Lipinski definition) is 6. The molecule has 29 heavy (non-hydrogen) atoms. The van der Waals surface area contributed by atoms with Gasteiger partial charge >= 0.3 is 0 Å². The number of carbonyl (C=O) groups is 1. The summed E-state index contributed by atoms with van der Waals surface area (Å²) >= 11 is 7.25. The molecule has 150 valence electrons. The number of hydrogen-bond donors (Lipinski definition) is 2. The van der Waals surface area contributed by atoms with Gasteiger partial charge in [-0.15, -0.1) is 0 Å². The number of benzene rings is 1. The quantitative estimate of drug-likeness (QED) is 0.461. The van der Waals surface area contributed by atoms with E-state index >= 15 is 0 Å². The summed E-state index contributed by atoms with van der Waals surface area (Å²) in [5, 5.41) is 9.87. The lowest BCUT2D eigenvalue weighted by Gasteiger charge is -1.99. The molecule has 2 heterocycles. The number of primary amides is 1. The van der Waals surface area contributed by atoms with E-state index in [1.165, 1.54) is 22.8 Å². The first kappa shape index (κ1) is 20.8. The van der Waals surface area contributed by atoms with Crippen LogP contribution in [0.25, 0.3) is 22.3 Å². The summed E-state index contributed by atoms with van der Waals surface area (Å²) in [4.78, 5) is 29.1. The van der Waals surface area contributed by atoms with Crippen LogP contribution in [0.15, 0.2) is 57.7 Å². The van der Waals surface area contributed by atoms with Crippen LogP contribution in [0.3, 0.4) is 0 Å². The second-order valence-electron chi connectivity index (χ2n) is 6.26. The van der Waals surface area contributed by atoms with Crippen molar-refractivity contribution in [3.63, 3.8) is 0 Å². The Morgan fingerprint density at radius 3 is 2.86 bits per heavy atom. The number of methoxy groups -OCH3 is 1. The number of aromatic nitrogens is 2. The van der Waals surface area contributed by atoms with Gasteiger partial charge in [0, 0.05) is 24.4 Å². The van der Waals surface area contributed by atoms with Gasteiger partial charge in [0.25, 0.3) is 5.56 Å². The van der Waals surface area contributed by atoms with Crippen molar-refractivity contribution in [1.82, 2.24) is 9.38 Å². The van der Waals surface area contributed by atoms with Gasteiger partial charge in [-0.3, -0.25) is 14.0 Å². The van der Waals surface area contributed by atoms with Gasteiger partial charge in [-0.05, 0) is 36.8 Å². The number of nitrogens with zero attached hydrogens (tertiary/aromatic N) is 2. The smallest absolute Gasteiger partial charge is 0.274 e. The van der Waals surface area contributed by atoms with Crippen molar-refractivity contribution in [2.75, 3.05) is 13.7 Å². The number of nitrogens with two attached hydrogens (primary N) is 1. The molecule has 0 fully saturated rings. The first-order valence-corrected chi connectivity index (χ1v) is 9.68. The van der Waals surface area contributed by atoms with Gasteiger partial charge < -0.3 is 15.6 Å². The second kappa shape index (κ2) is 8.60. The number of rotatable bonds is 6. The highest BCUT2D eigenvalue weighted by Gasteiger charge is 2.11. The predicted molar refractivity (Wildman–Crippen MR) is 114 cm³/mol. The molecule has 7 nitrogen and oxygen atoms in total. The van der Waals surface area contributed by atoms with Crippen LogP contribution in [0.4, 0.5) is 0 Å². The lowest BCUT2D eigenvalue weighted by atomic mass is 10.1. The SMILES string of the molecule is COC\C(O)=C(Cl)/C=C(C)/C=c1\sc2nc(-c3cccc(C(N)=O)c3)cn2c1=O. The Morgan fingerprint density at radius 2 is 2.21 bits per heavy atom. The average Bonchev–Trinajstić information content (AvgIpc) is 3.22. The molecule has 9 heteroatoms. The lowest BCUT2D eigenvalue weighted by molar-refractivity contribution is 0.100. The van der Waals surface area contributed by atoms with Crippen LogP contribution in [-0.2, 0) is 4.74 Å². The Bertz CT molecular complexity index is 1260. The fourth-order valence-electron chi connectivity index (χ4n) is 2.64. The normalized spacial score (nSPS) is 13.8. The zero-order valence-electron chi connectivity index (χ0n) is 15.7. The first-order valence-electron chi connectivity index (χ1n) is 8.49. The molecule has 3 rings (SSSR count). The summed E-state index contributed by atoms with van der Waals surface area (Å²) in [6.45, 7) is 1.77. The van der Waals surface area contributed by atoms with Gasteiger partial charge in [-0.25, -0.2) is 4.98 Å². The van der Waals surface area contributed by atoms with Gasteiger partial charge in [0.15, 0.2) is 4.96 Å². The molecule has 0 saturated heterocycles. The van der Waals surface area contributed by atoms with E-state index in [2.05, 4.69) is 4.98 Å². The van der Waals surface area contributed by atoms with E-state index in [9.17, 15) is 14.7 Å². The largest absolute Gasteiger partial charge is 0.508 e. The van der Waals surface area contributed by atoms with Crippen molar-refractivity contribution in [2.45, 2.75) is 6.92 Å². The van der Waals surface area contributed by atoms with Gasteiger partial charge in [-0.1, -0.05) is 35.1 Å². The summed E-state index contributed by atoms with van der Waals surface area (Å²) in [5.74, 6) is -0.617. The van der Waals surface area contributed by atoms with Crippen LogP contribution in [-0.4, -0.2) is 34.1 Å². The maximum Gasteiger partial charge on any atom is 0.274 e. The van der Waals surface area contributed by atoms with Crippen LogP contribution in [0, 0.1) is 0 Å². The topological polar surface area (TPSA) is 107 Å². The number of carbonyl (C=O) groups excluding carboxylic acids is 1. The van der Waals surface area contributed by atoms with E-state index in [1.807, 2.05) is 0 Å². The van der Waals surface area contributed by atoms with Gasteiger partial charge in [0.1, 0.15) is 12.4 Å². The summed E-state index contributed by atoms with van der Waals surface area (Å²) in [5.41, 5.74) is 7.43. The second-order valence-corrected chi connectivity index (χ2v) is 7.67. The van der Waals surface area contributed by atoms with Crippen molar-refractivity contribution in [1.29, 1.82) is 0 Å². The number of halogens is 1. The van der Waals surface area contributed by atoms with E-state index in [0.29, 0.717) is 31.9 Å². The molecular weight excluding hydrogens is 414 g/mol. The van der Waals surface area contributed by atoms with Crippen LogP contribution in [0.1, 0.15) is 17.3 Å². The molecule has 0 radical (unpaired) electrons. The van der Waals surface area contributed by atoms with Crippen molar-refractivity contribution >= 4 is 39.9 Å². The fraction of sp³-hybridized carbons (Fsp3) is 0.150. The maximum absolute atomic E-state index is 12.7. The third-order valence-corrected chi connectivity index (χ3v) is 5.33. The minimum absolute atomic E-state index is 0.00196. The van der Waals surface area contributed by atoms with Gasteiger partial charge in [-0.2, -0.15) is 0 Å². The molecule has 1 amide bonds. The van der Waals surface area contributed by atoms with E-state index in [0.717, 1.165) is 0 Å². The Morgan fingerprint density at radius 1 is 1.45 bits per heavy atom. The highest BCUT2D eigenvalue weighted by Crippen LogP contribution is 2.20. The molecule has 1 aromatic carbocycles. The molecule has 2 aromatic heterocycles. The molecule has 0 aliphatic carbocycles. The molecule has 3 N–H and O–H groups in total. The number of allylic oxidation sites excluding steroid dienone is 3. The third-order valence-electron chi connectivity index (χ3n) is 4.02. The average molecular weight is 432 g/mol. The predicted octanol–water partition coefficient (Wildman–Crippen LogP) is 2.62. The summed E-state index contributed by atoms with van der Waals surface area (Å²) in [6.07, 6.45) is 4.86. The number of fused-ring (bicyclic) bond motifs is 1. The Balaban J connectivity index is 1.99. The zero-order valence-corrected chi connectivity index (χ0v) is 17.3. The number of aliphatic hydroxyl groups is 1. The maximum atomic E-state index is 12.7. The van der Waals surface area contributed by atoms with Gasteiger partial charge in [0.2, 0.25) is 5.91 Å². The highest BCUT2D eigenvalue weighted by atomic mass is 35.5. The minimum atomic E-state index is -0.527. The van der Waals surface area contributed by atoms with Crippen molar-refractivity contribution in [3.05, 3.63) is 73.4 Å². The number of ether oxygens (including phenoxy) is 1. The minimum Gasteiger partial charge on any atom is -0.508 e. The Kier molecular flexibility index (Phi) is 6.17. The molecule has 3 aromatic rings. The molecule has 0 atom stereocenters. The highest BCUT2D eigenvalue weighted by molar-refractivity contribution is 7.15.